The van der Waals surface area contributed by atoms with Gasteiger partial charge in [0, 0.05) is 11.8 Å². The zero-order chi connectivity index (χ0) is 14.9. The largest absolute Gasteiger partial charge is 0.353 e. The van der Waals surface area contributed by atoms with Gasteiger partial charge in [-0.15, -0.1) is 11.8 Å². The van der Waals surface area contributed by atoms with Crippen molar-refractivity contribution in [2.75, 3.05) is 5.75 Å². The number of aryl methyl sites for hydroxylation is 1. The van der Waals surface area contributed by atoms with Crippen molar-refractivity contribution in [3.05, 3.63) is 35.4 Å². The molecule has 0 saturated heterocycles. The number of hydrogen-bond acceptors (Lipinski definition) is 2. The van der Waals surface area contributed by atoms with E-state index in [4.69, 9.17) is 0 Å². The molecule has 0 unspecified atom stereocenters. The Hall–Kier alpha value is -0.960. The van der Waals surface area contributed by atoms with E-state index in [1.54, 1.807) is 11.8 Å². The van der Waals surface area contributed by atoms with Gasteiger partial charge in [0.2, 0.25) is 5.91 Å². The van der Waals surface area contributed by atoms with Gasteiger partial charge in [0.15, 0.2) is 0 Å². The summed E-state index contributed by atoms with van der Waals surface area (Å²) < 4.78 is 0. The number of carbonyl (C=O) groups is 1. The molecule has 21 heavy (non-hydrogen) atoms. The van der Waals surface area contributed by atoms with Crippen LogP contribution < -0.4 is 5.32 Å². The second-order valence-corrected chi connectivity index (χ2v) is 7.07. The van der Waals surface area contributed by atoms with E-state index in [1.807, 2.05) is 0 Å². The van der Waals surface area contributed by atoms with Crippen molar-refractivity contribution < 1.29 is 4.79 Å². The van der Waals surface area contributed by atoms with Crippen LogP contribution in [-0.4, -0.2) is 17.7 Å². The average molecular weight is 305 g/mol. The highest BCUT2D eigenvalue weighted by atomic mass is 32.2. The highest BCUT2D eigenvalue weighted by molar-refractivity contribution is 7.99. The summed E-state index contributed by atoms with van der Waals surface area (Å²) in [6.07, 6.45) is 8.88. The molecule has 0 spiro atoms. The Morgan fingerprint density at radius 2 is 1.71 bits per heavy atom. The van der Waals surface area contributed by atoms with Crippen LogP contribution in [0.1, 0.15) is 56.1 Å². The van der Waals surface area contributed by atoms with Gasteiger partial charge >= 0.3 is 0 Å². The molecule has 2 rings (SSSR count). The normalized spacial score (nSPS) is 17.0. The zero-order valence-corrected chi connectivity index (χ0v) is 13.9. The SMILES string of the molecule is Cc1ccc(CSCC(=O)NC2CCCCCCC2)cc1. The minimum atomic E-state index is 0.206. The lowest BCUT2D eigenvalue weighted by Crippen LogP contribution is -2.36. The number of hydrogen-bond donors (Lipinski definition) is 1. The van der Waals surface area contributed by atoms with Crippen LogP contribution in [0.4, 0.5) is 0 Å². The molecule has 1 aliphatic carbocycles. The first-order chi connectivity index (χ1) is 10.2. The summed E-state index contributed by atoms with van der Waals surface area (Å²) in [4.78, 5) is 12.0. The maximum Gasteiger partial charge on any atom is 0.230 e. The van der Waals surface area contributed by atoms with E-state index in [0.29, 0.717) is 11.8 Å². The van der Waals surface area contributed by atoms with Crippen molar-refractivity contribution in [3.63, 3.8) is 0 Å². The van der Waals surface area contributed by atoms with Gasteiger partial charge in [-0.2, -0.15) is 0 Å². The van der Waals surface area contributed by atoms with Crippen LogP contribution in [0.2, 0.25) is 0 Å². The Kier molecular flexibility index (Phi) is 7.14. The minimum absolute atomic E-state index is 0.206. The minimum Gasteiger partial charge on any atom is -0.353 e. The molecule has 116 valence electrons. The van der Waals surface area contributed by atoms with E-state index in [2.05, 4.69) is 36.5 Å². The lowest BCUT2D eigenvalue weighted by molar-refractivity contribution is -0.119. The molecule has 2 nitrogen and oxygen atoms in total. The van der Waals surface area contributed by atoms with Crippen molar-refractivity contribution in [2.24, 2.45) is 0 Å². The quantitative estimate of drug-likeness (QED) is 0.870. The zero-order valence-electron chi connectivity index (χ0n) is 13.1. The predicted octanol–water partition coefficient (Wildman–Crippen LogP) is 4.46. The third-order valence-electron chi connectivity index (χ3n) is 4.09. The maximum atomic E-state index is 12.0. The summed E-state index contributed by atoms with van der Waals surface area (Å²) in [5, 5.41) is 3.22. The summed E-state index contributed by atoms with van der Waals surface area (Å²) in [5.41, 5.74) is 2.58. The van der Waals surface area contributed by atoms with E-state index in [9.17, 15) is 4.79 Å². The number of nitrogens with one attached hydrogen (secondary N) is 1. The molecular formula is C18H27NOS. The molecule has 1 aromatic carbocycles. The Bertz CT molecular complexity index is 421. The molecule has 1 N–H and O–H groups in total. The maximum absolute atomic E-state index is 12.0. The number of benzene rings is 1. The molecule has 1 aliphatic rings. The van der Waals surface area contributed by atoms with Crippen molar-refractivity contribution in [3.8, 4) is 0 Å². The van der Waals surface area contributed by atoms with E-state index in [-0.39, 0.29) is 5.91 Å². The molecule has 0 bridgehead atoms. The van der Waals surface area contributed by atoms with Gasteiger partial charge < -0.3 is 5.32 Å². The predicted molar refractivity (Wildman–Crippen MR) is 91.6 cm³/mol. The highest BCUT2D eigenvalue weighted by Crippen LogP contribution is 2.18. The second-order valence-electron chi connectivity index (χ2n) is 6.09. The Morgan fingerprint density at radius 1 is 1.10 bits per heavy atom. The Balaban J connectivity index is 1.65. The van der Waals surface area contributed by atoms with Crippen LogP contribution in [0.15, 0.2) is 24.3 Å². The number of carbonyl (C=O) groups excluding carboxylic acids is 1. The summed E-state index contributed by atoms with van der Waals surface area (Å²) in [6, 6.07) is 8.97. The first kappa shape index (κ1) is 16.4. The van der Waals surface area contributed by atoms with Crippen molar-refractivity contribution in [1.29, 1.82) is 0 Å². The fourth-order valence-electron chi connectivity index (χ4n) is 2.82. The first-order valence-electron chi connectivity index (χ1n) is 8.17. The van der Waals surface area contributed by atoms with Crippen LogP contribution in [0.25, 0.3) is 0 Å². The first-order valence-corrected chi connectivity index (χ1v) is 9.32. The molecule has 0 heterocycles. The van der Waals surface area contributed by atoms with Gasteiger partial charge in [-0.1, -0.05) is 61.9 Å². The Morgan fingerprint density at radius 3 is 2.38 bits per heavy atom. The molecule has 0 aromatic heterocycles. The van der Waals surface area contributed by atoms with E-state index in [1.165, 1.54) is 43.2 Å². The lowest BCUT2D eigenvalue weighted by Gasteiger charge is -2.20. The standard InChI is InChI=1S/C18H27NOS/c1-15-9-11-16(12-10-15)13-21-14-18(20)19-17-7-5-3-2-4-6-8-17/h9-12,17H,2-8,13-14H2,1H3,(H,19,20). The molecule has 0 atom stereocenters. The van der Waals surface area contributed by atoms with Gasteiger partial charge in [0.05, 0.1) is 5.75 Å². The van der Waals surface area contributed by atoms with Gasteiger partial charge in [-0.25, -0.2) is 0 Å². The summed E-state index contributed by atoms with van der Waals surface area (Å²) >= 11 is 1.71. The summed E-state index contributed by atoms with van der Waals surface area (Å²) in [6.45, 7) is 2.10. The van der Waals surface area contributed by atoms with E-state index >= 15 is 0 Å². The second kappa shape index (κ2) is 9.14. The van der Waals surface area contributed by atoms with Crippen molar-refractivity contribution in [2.45, 2.75) is 63.7 Å². The fourth-order valence-corrected chi connectivity index (χ4v) is 3.61. The summed E-state index contributed by atoms with van der Waals surface area (Å²) in [5.74, 6) is 1.70. The van der Waals surface area contributed by atoms with Gasteiger partial charge in [-0.05, 0) is 25.3 Å². The molecule has 1 amide bonds. The smallest absolute Gasteiger partial charge is 0.230 e. The highest BCUT2D eigenvalue weighted by Gasteiger charge is 2.13. The van der Waals surface area contributed by atoms with Gasteiger partial charge in [0.25, 0.3) is 0 Å². The van der Waals surface area contributed by atoms with Crippen LogP contribution in [-0.2, 0) is 10.5 Å². The van der Waals surface area contributed by atoms with Gasteiger partial charge in [-0.3, -0.25) is 4.79 Å². The third kappa shape index (κ3) is 6.56. The number of amides is 1. The monoisotopic (exact) mass is 305 g/mol. The lowest BCUT2D eigenvalue weighted by atomic mass is 9.97. The van der Waals surface area contributed by atoms with Crippen molar-refractivity contribution in [1.82, 2.24) is 5.32 Å². The van der Waals surface area contributed by atoms with Crippen molar-refractivity contribution >= 4 is 17.7 Å². The topological polar surface area (TPSA) is 29.1 Å². The van der Waals surface area contributed by atoms with Gasteiger partial charge in [0.1, 0.15) is 0 Å². The van der Waals surface area contributed by atoms with Crippen LogP contribution in [0.3, 0.4) is 0 Å². The molecular weight excluding hydrogens is 278 g/mol. The molecule has 1 saturated carbocycles. The molecule has 0 radical (unpaired) electrons. The van der Waals surface area contributed by atoms with E-state index in [0.717, 1.165) is 18.6 Å². The molecule has 3 heteroatoms. The van der Waals surface area contributed by atoms with Crippen LogP contribution in [0.5, 0.6) is 0 Å². The number of rotatable bonds is 5. The average Bonchev–Trinajstić information content (AvgIpc) is 2.44. The Labute approximate surface area is 133 Å². The third-order valence-corrected chi connectivity index (χ3v) is 5.10. The fraction of sp³-hybridized carbons (Fsp3) is 0.611. The molecule has 1 aromatic rings. The summed E-state index contributed by atoms with van der Waals surface area (Å²) in [7, 11) is 0. The van der Waals surface area contributed by atoms with Crippen LogP contribution in [0, 0.1) is 6.92 Å². The molecule has 1 fully saturated rings. The molecule has 0 aliphatic heterocycles. The van der Waals surface area contributed by atoms with Crippen LogP contribution >= 0.6 is 11.8 Å². The number of thioether (sulfide) groups is 1. The van der Waals surface area contributed by atoms with E-state index < -0.39 is 0 Å².